The van der Waals surface area contributed by atoms with Gasteiger partial charge in [-0.1, -0.05) is 214 Å². The van der Waals surface area contributed by atoms with Gasteiger partial charge in [0.1, 0.15) is 0 Å². The molecule has 7 aromatic carbocycles. The zero-order chi connectivity index (χ0) is 65.1. The molecule has 0 N–H and O–H groups in total. The van der Waals surface area contributed by atoms with Crippen LogP contribution in [0.4, 0.5) is 17.6 Å². The molecule has 496 valence electrons. The number of hydrogen-bond donors (Lipinski definition) is 0. The van der Waals surface area contributed by atoms with Crippen LogP contribution in [0, 0.1) is 82.5 Å². The summed E-state index contributed by atoms with van der Waals surface area (Å²) in [6.07, 6.45) is 44.1. The molecule has 7 aromatic rings. The van der Waals surface area contributed by atoms with Crippen molar-refractivity contribution in [1.29, 1.82) is 0 Å². The minimum atomic E-state index is -0.658. The highest BCUT2D eigenvalue weighted by Gasteiger charge is 2.49. The van der Waals surface area contributed by atoms with Crippen molar-refractivity contribution in [3.8, 4) is 40.3 Å². The fraction of sp³-hybridized carbons (Fsp3) is 0.545. The molecule has 0 amide bonds. The molecule has 1 unspecified atom stereocenters. The van der Waals surface area contributed by atoms with Gasteiger partial charge in [0.05, 0.1) is 6.10 Å². The summed E-state index contributed by atoms with van der Waals surface area (Å²) < 4.78 is 64.1. The molecule has 0 aromatic heterocycles. The average Bonchev–Trinajstić information content (AvgIpc) is 1.70. The molecule has 0 spiro atoms. The molecule has 0 heterocycles. The van der Waals surface area contributed by atoms with Gasteiger partial charge in [0, 0.05) is 5.92 Å². The standard InChI is InChI=1S/C30H44F2.C30H30.C28H36F2O/c1-4-7-8-10-22(6-3)21-27-19-20-28(30(32)29(27)31)26-17-15-25(16-18-26)24-13-11-23(9-5-2)12-14-24;1-20-10-12-21(13-11-20)26-18-24-16-14-22-6-2-4-8-27(22)29(24)30-25(19-26)17-15-23-7-3-5-9-28(23)30;1-4-5-6-11-27-12-15-28(16-13-27,17-14-27)23-9-7-21(8-10-23)22-18-24(29)26(25(30)19-22)31-20(2)3/h3,19-20,22-26H,4-5,7-18,21H2,1-2H3;2-9,14-17,20-21,26H,10-13,18-19H2,1H3;7-10,18-20H,4-6,11-17H2,1-3H3. The van der Waals surface area contributed by atoms with Crippen LogP contribution in [0.5, 0.6) is 5.75 Å². The number of hydrogen-bond acceptors (Lipinski definition) is 1. The van der Waals surface area contributed by atoms with Crippen molar-refractivity contribution >= 4 is 21.5 Å². The Morgan fingerprint density at radius 1 is 0.538 bits per heavy atom. The fourth-order valence-corrected chi connectivity index (χ4v) is 18.7. The molecule has 6 fully saturated rings. The van der Waals surface area contributed by atoms with Crippen molar-refractivity contribution in [3.05, 3.63) is 172 Å². The molecule has 93 heavy (non-hydrogen) atoms. The van der Waals surface area contributed by atoms with Gasteiger partial charge in [0.15, 0.2) is 29.0 Å². The van der Waals surface area contributed by atoms with Crippen LogP contribution in [0.1, 0.15) is 255 Å². The van der Waals surface area contributed by atoms with E-state index in [2.05, 4.69) is 119 Å². The van der Waals surface area contributed by atoms with Crippen molar-refractivity contribution in [2.45, 2.75) is 258 Å². The van der Waals surface area contributed by atoms with Crippen LogP contribution in [0.25, 0.3) is 43.8 Å². The third-order valence-electron chi connectivity index (χ3n) is 24.4. The van der Waals surface area contributed by atoms with E-state index < -0.39 is 23.3 Å². The highest BCUT2D eigenvalue weighted by Crippen LogP contribution is 2.60. The Bertz CT molecular complexity index is 3460. The maximum Gasteiger partial charge on any atom is 0.191 e. The number of ether oxygens (including phenoxy) is 1. The number of fused-ring (bicyclic) bond motifs is 10. The lowest BCUT2D eigenvalue weighted by Crippen LogP contribution is -2.44. The molecule has 5 heteroatoms. The normalized spacial score (nSPS) is 24.8. The number of unbranched alkanes of at least 4 members (excludes halogenated alkanes) is 4. The van der Waals surface area contributed by atoms with Gasteiger partial charge < -0.3 is 4.74 Å². The highest BCUT2D eigenvalue weighted by atomic mass is 19.2. The monoisotopic (exact) mass is 1260 g/mol. The second kappa shape index (κ2) is 31.8. The van der Waals surface area contributed by atoms with E-state index in [1.54, 1.807) is 31.0 Å². The molecule has 7 aliphatic carbocycles. The van der Waals surface area contributed by atoms with Gasteiger partial charge in [-0.3, -0.25) is 0 Å². The summed E-state index contributed by atoms with van der Waals surface area (Å²) in [7, 11) is 0. The summed E-state index contributed by atoms with van der Waals surface area (Å²) >= 11 is 0. The first-order chi connectivity index (χ1) is 45.2. The van der Waals surface area contributed by atoms with Crippen LogP contribution in [-0.4, -0.2) is 6.10 Å². The van der Waals surface area contributed by atoms with E-state index >= 15 is 4.39 Å². The smallest absolute Gasteiger partial charge is 0.191 e. The van der Waals surface area contributed by atoms with E-state index in [-0.39, 0.29) is 23.7 Å². The van der Waals surface area contributed by atoms with Crippen LogP contribution in [0.3, 0.4) is 0 Å². The van der Waals surface area contributed by atoms with E-state index in [0.717, 1.165) is 79.6 Å². The summed E-state index contributed by atoms with van der Waals surface area (Å²) in [5, 5.41) is 5.57. The second-order valence-corrected chi connectivity index (χ2v) is 30.8. The van der Waals surface area contributed by atoms with Gasteiger partial charge in [0.25, 0.3) is 0 Å². The maximum absolute atomic E-state index is 15.0. The van der Waals surface area contributed by atoms with E-state index in [1.165, 1.54) is 204 Å². The van der Waals surface area contributed by atoms with Gasteiger partial charge in [-0.25, -0.2) is 17.6 Å². The first-order valence-electron chi connectivity index (χ1n) is 37.4. The minimum Gasteiger partial charge on any atom is -0.485 e. The molecule has 0 saturated heterocycles. The Hall–Kier alpha value is -5.86. The van der Waals surface area contributed by atoms with Gasteiger partial charge in [-0.2, -0.15) is 0 Å². The number of halogens is 4. The lowest BCUT2D eigenvalue weighted by molar-refractivity contribution is 0.0305. The number of rotatable bonds is 19. The van der Waals surface area contributed by atoms with Crippen molar-refractivity contribution in [2.75, 3.05) is 0 Å². The Kier molecular flexibility index (Phi) is 23.4. The lowest BCUT2D eigenvalue weighted by Gasteiger charge is -2.54. The fourth-order valence-electron chi connectivity index (χ4n) is 18.7. The Balaban J connectivity index is 0.000000143. The van der Waals surface area contributed by atoms with Gasteiger partial charge >= 0.3 is 0 Å². The summed E-state index contributed by atoms with van der Waals surface area (Å²) in [5.41, 5.74) is 10.9. The van der Waals surface area contributed by atoms with Crippen LogP contribution in [-0.2, 0) is 24.7 Å². The van der Waals surface area contributed by atoms with Crippen LogP contribution in [0.15, 0.2) is 121 Å². The van der Waals surface area contributed by atoms with E-state index in [4.69, 9.17) is 11.2 Å². The van der Waals surface area contributed by atoms with Crippen molar-refractivity contribution in [3.63, 3.8) is 0 Å². The topological polar surface area (TPSA) is 9.23 Å². The third-order valence-corrected chi connectivity index (χ3v) is 24.4. The van der Waals surface area contributed by atoms with Crippen LogP contribution < -0.4 is 4.74 Å². The number of terminal acetylenes is 1. The predicted octanol–water partition coefficient (Wildman–Crippen LogP) is 26.0. The first kappa shape index (κ1) is 68.5. The third kappa shape index (κ3) is 16.2. The molecule has 6 saturated carbocycles. The molecule has 0 aliphatic heterocycles. The Labute approximate surface area is 558 Å². The quantitative estimate of drug-likeness (QED) is 0.0445. The molecule has 14 rings (SSSR count). The van der Waals surface area contributed by atoms with Gasteiger partial charge in [0.2, 0.25) is 0 Å². The maximum atomic E-state index is 15.0. The SMILES string of the molecule is C#CC(CCCCC)Cc1ccc(C2CCC(C3CCC(CCC)CC3)CC2)c(F)c1F.CC1CCC(C2Cc3ccc4ccccc4c3-c3c(ccc4ccccc34)C2)CC1.CCCCCC12CCC(c3ccc(-c4cc(F)c(OC(C)C)c(F)c4)cc3)(CC1)CC2. The van der Waals surface area contributed by atoms with Gasteiger partial charge in [-0.05, 0) is 272 Å². The molecule has 1 atom stereocenters. The predicted molar refractivity (Wildman–Crippen MR) is 384 cm³/mol. The van der Waals surface area contributed by atoms with E-state index in [9.17, 15) is 13.2 Å². The zero-order valence-electron chi connectivity index (χ0n) is 57.7. The average molecular weight is 1260 g/mol. The lowest BCUT2D eigenvalue weighted by atomic mass is 9.51. The van der Waals surface area contributed by atoms with Crippen molar-refractivity contribution in [1.82, 2.24) is 0 Å². The second-order valence-electron chi connectivity index (χ2n) is 30.8. The summed E-state index contributed by atoms with van der Waals surface area (Å²) in [4.78, 5) is 0. The Morgan fingerprint density at radius 3 is 1.62 bits per heavy atom. The summed E-state index contributed by atoms with van der Waals surface area (Å²) in [5.74, 6) is 5.24. The zero-order valence-corrected chi connectivity index (χ0v) is 57.7. The molecular weight excluding hydrogens is 1150 g/mol. The van der Waals surface area contributed by atoms with Crippen LogP contribution in [0.2, 0.25) is 0 Å². The molecule has 1 nitrogen and oxygen atoms in total. The highest BCUT2D eigenvalue weighted by molar-refractivity contribution is 6.08. The molecular formula is C88H110F4O. The van der Waals surface area contributed by atoms with Crippen molar-refractivity contribution in [2.24, 2.45) is 46.8 Å². The van der Waals surface area contributed by atoms with E-state index in [1.807, 2.05) is 18.2 Å². The minimum absolute atomic E-state index is 0.0100. The summed E-state index contributed by atoms with van der Waals surface area (Å²) in [6.45, 7) is 12.7. The Morgan fingerprint density at radius 2 is 1.08 bits per heavy atom. The van der Waals surface area contributed by atoms with Crippen LogP contribution >= 0.6 is 0 Å². The first-order valence-corrected chi connectivity index (χ1v) is 37.4. The molecule has 0 radical (unpaired) electrons. The molecule has 7 aliphatic rings. The number of benzene rings is 7. The summed E-state index contributed by atoms with van der Waals surface area (Å²) in [6, 6.07) is 42.4. The largest absolute Gasteiger partial charge is 0.485 e. The van der Waals surface area contributed by atoms with Gasteiger partial charge in [-0.15, -0.1) is 12.3 Å². The molecule has 2 bridgehead atoms. The van der Waals surface area contributed by atoms with E-state index in [0.29, 0.717) is 33.9 Å². The van der Waals surface area contributed by atoms with Crippen molar-refractivity contribution < 1.29 is 22.3 Å².